The number of hydrogen-bond acceptors (Lipinski definition) is 2. The molecule has 14 heavy (non-hydrogen) atoms. The Labute approximate surface area is 88.0 Å². The molecule has 0 aliphatic rings. The summed E-state index contributed by atoms with van der Waals surface area (Å²) in [7, 11) is 1.45. The Bertz CT molecular complexity index is 183. The number of ether oxygens (including phenoxy) is 1. The topological polar surface area (TPSA) is 26.3 Å². The fourth-order valence-electron chi connectivity index (χ4n) is 2.30. The maximum atomic E-state index is 11.3. The molecular formula is C12H24O2. The molecule has 1 atom stereocenters. The summed E-state index contributed by atoms with van der Waals surface area (Å²) in [6.07, 6.45) is 2.05. The Balaban J connectivity index is 4.14. The summed E-state index contributed by atoms with van der Waals surface area (Å²) >= 11 is 0. The highest BCUT2D eigenvalue weighted by molar-refractivity contribution is 5.71. The van der Waals surface area contributed by atoms with Crippen LogP contribution in [-0.4, -0.2) is 13.1 Å². The van der Waals surface area contributed by atoms with Gasteiger partial charge >= 0.3 is 5.97 Å². The molecule has 84 valence electrons. The van der Waals surface area contributed by atoms with Crippen LogP contribution in [0.4, 0.5) is 0 Å². The van der Waals surface area contributed by atoms with Crippen molar-refractivity contribution in [2.45, 2.75) is 47.5 Å². The van der Waals surface area contributed by atoms with E-state index in [1.54, 1.807) is 0 Å². The summed E-state index contributed by atoms with van der Waals surface area (Å²) in [4.78, 5) is 11.3. The van der Waals surface area contributed by atoms with Crippen LogP contribution in [0, 0.1) is 17.3 Å². The number of methoxy groups -OCH3 is 1. The van der Waals surface area contributed by atoms with E-state index in [1.165, 1.54) is 7.11 Å². The summed E-state index contributed by atoms with van der Waals surface area (Å²) in [5, 5.41) is 0. The van der Waals surface area contributed by atoms with Crippen molar-refractivity contribution in [3.63, 3.8) is 0 Å². The third kappa shape index (κ3) is 5.25. The number of rotatable bonds is 5. The van der Waals surface area contributed by atoms with Gasteiger partial charge in [-0.05, 0) is 24.2 Å². The van der Waals surface area contributed by atoms with Crippen molar-refractivity contribution in [1.29, 1.82) is 0 Å². The van der Waals surface area contributed by atoms with Crippen LogP contribution in [0.25, 0.3) is 0 Å². The van der Waals surface area contributed by atoms with Gasteiger partial charge in [-0.2, -0.15) is 0 Å². The molecule has 0 N–H and O–H groups in total. The van der Waals surface area contributed by atoms with E-state index < -0.39 is 0 Å². The van der Waals surface area contributed by atoms with Gasteiger partial charge in [0.25, 0.3) is 0 Å². The van der Waals surface area contributed by atoms with Crippen molar-refractivity contribution in [2.75, 3.05) is 7.11 Å². The van der Waals surface area contributed by atoms with E-state index in [9.17, 15) is 4.79 Å². The number of carbonyl (C=O) groups is 1. The van der Waals surface area contributed by atoms with E-state index >= 15 is 0 Å². The minimum Gasteiger partial charge on any atom is -0.469 e. The SMILES string of the molecule is COC(=O)C(C)CC(C)(C)CC(C)C. The Morgan fingerprint density at radius 1 is 1.21 bits per heavy atom. The van der Waals surface area contributed by atoms with Gasteiger partial charge in [0.15, 0.2) is 0 Å². The maximum Gasteiger partial charge on any atom is 0.308 e. The first-order valence-corrected chi connectivity index (χ1v) is 5.36. The Morgan fingerprint density at radius 2 is 1.71 bits per heavy atom. The molecule has 0 aliphatic carbocycles. The zero-order valence-electron chi connectivity index (χ0n) is 10.4. The highest BCUT2D eigenvalue weighted by Gasteiger charge is 2.26. The van der Waals surface area contributed by atoms with E-state index in [1.807, 2.05) is 6.92 Å². The zero-order valence-corrected chi connectivity index (χ0v) is 10.4. The largest absolute Gasteiger partial charge is 0.469 e. The molecule has 1 unspecified atom stereocenters. The zero-order chi connectivity index (χ0) is 11.4. The van der Waals surface area contributed by atoms with Crippen LogP contribution < -0.4 is 0 Å². The number of esters is 1. The maximum absolute atomic E-state index is 11.3. The van der Waals surface area contributed by atoms with Crippen molar-refractivity contribution in [3.05, 3.63) is 0 Å². The molecule has 0 aliphatic heterocycles. The lowest BCUT2D eigenvalue weighted by atomic mass is 9.77. The van der Waals surface area contributed by atoms with Crippen LogP contribution in [0.1, 0.15) is 47.5 Å². The summed E-state index contributed by atoms with van der Waals surface area (Å²) in [6, 6.07) is 0. The molecule has 0 fully saturated rings. The second-order valence-corrected chi connectivity index (χ2v) is 5.39. The molecule has 0 amide bonds. The lowest BCUT2D eigenvalue weighted by Gasteiger charge is -2.28. The van der Waals surface area contributed by atoms with Gasteiger partial charge in [-0.15, -0.1) is 0 Å². The fraction of sp³-hybridized carbons (Fsp3) is 0.917. The molecule has 0 saturated carbocycles. The molecule has 0 saturated heterocycles. The molecule has 0 rings (SSSR count). The number of carbonyl (C=O) groups excluding carboxylic acids is 1. The minimum atomic E-state index is -0.0955. The summed E-state index contributed by atoms with van der Waals surface area (Å²) in [6.45, 7) is 10.8. The summed E-state index contributed by atoms with van der Waals surface area (Å²) in [5.41, 5.74) is 0.224. The van der Waals surface area contributed by atoms with Crippen LogP contribution in [0.15, 0.2) is 0 Å². The molecule has 0 aromatic heterocycles. The van der Waals surface area contributed by atoms with Crippen molar-refractivity contribution in [2.24, 2.45) is 17.3 Å². The fourth-order valence-corrected chi connectivity index (χ4v) is 2.30. The molecule has 0 bridgehead atoms. The van der Waals surface area contributed by atoms with E-state index in [0.29, 0.717) is 5.92 Å². The van der Waals surface area contributed by atoms with Gasteiger partial charge in [0.2, 0.25) is 0 Å². The standard InChI is InChI=1S/C12H24O2/c1-9(2)7-12(4,5)8-10(3)11(13)14-6/h9-10H,7-8H2,1-6H3. The van der Waals surface area contributed by atoms with Gasteiger partial charge in [0.05, 0.1) is 13.0 Å². The molecule has 0 radical (unpaired) electrons. The van der Waals surface area contributed by atoms with Crippen LogP contribution in [0.3, 0.4) is 0 Å². The predicted octanol–water partition coefficient (Wildman–Crippen LogP) is 3.26. The second-order valence-electron chi connectivity index (χ2n) is 5.39. The third-order valence-electron chi connectivity index (χ3n) is 2.42. The molecule has 0 spiro atoms. The van der Waals surface area contributed by atoms with Gasteiger partial charge in [-0.3, -0.25) is 4.79 Å². The second kappa shape index (κ2) is 5.38. The Hall–Kier alpha value is -0.530. The van der Waals surface area contributed by atoms with Crippen LogP contribution in [0.2, 0.25) is 0 Å². The third-order valence-corrected chi connectivity index (χ3v) is 2.42. The highest BCUT2D eigenvalue weighted by atomic mass is 16.5. The molecule has 0 heterocycles. The molecule has 2 heteroatoms. The summed E-state index contributed by atoms with van der Waals surface area (Å²) in [5.74, 6) is 0.588. The monoisotopic (exact) mass is 200 g/mol. The van der Waals surface area contributed by atoms with Gasteiger partial charge in [0, 0.05) is 0 Å². The Morgan fingerprint density at radius 3 is 2.07 bits per heavy atom. The van der Waals surface area contributed by atoms with Gasteiger partial charge in [-0.1, -0.05) is 34.6 Å². The van der Waals surface area contributed by atoms with Crippen LogP contribution in [-0.2, 0) is 9.53 Å². The van der Waals surface area contributed by atoms with E-state index in [0.717, 1.165) is 12.8 Å². The van der Waals surface area contributed by atoms with Crippen molar-refractivity contribution < 1.29 is 9.53 Å². The normalized spacial score (nSPS) is 14.2. The van der Waals surface area contributed by atoms with Gasteiger partial charge in [-0.25, -0.2) is 0 Å². The molecule has 0 aromatic rings. The Kier molecular flexibility index (Phi) is 5.17. The molecule has 2 nitrogen and oxygen atoms in total. The van der Waals surface area contributed by atoms with Gasteiger partial charge in [0.1, 0.15) is 0 Å². The quantitative estimate of drug-likeness (QED) is 0.637. The lowest BCUT2D eigenvalue weighted by Crippen LogP contribution is -2.23. The lowest BCUT2D eigenvalue weighted by molar-refractivity contribution is -0.146. The number of hydrogen-bond donors (Lipinski definition) is 0. The van der Waals surface area contributed by atoms with E-state index in [4.69, 9.17) is 4.74 Å². The first kappa shape index (κ1) is 13.5. The van der Waals surface area contributed by atoms with Gasteiger partial charge < -0.3 is 4.74 Å². The average molecular weight is 200 g/mol. The van der Waals surface area contributed by atoms with Crippen molar-refractivity contribution >= 4 is 5.97 Å². The van der Waals surface area contributed by atoms with E-state index in [-0.39, 0.29) is 17.3 Å². The molecular weight excluding hydrogens is 176 g/mol. The highest BCUT2D eigenvalue weighted by Crippen LogP contribution is 2.32. The summed E-state index contributed by atoms with van der Waals surface area (Å²) < 4.78 is 4.72. The average Bonchev–Trinajstić information content (AvgIpc) is 1.99. The van der Waals surface area contributed by atoms with Crippen LogP contribution >= 0.6 is 0 Å². The first-order valence-electron chi connectivity index (χ1n) is 5.36. The van der Waals surface area contributed by atoms with E-state index in [2.05, 4.69) is 27.7 Å². The smallest absolute Gasteiger partial charge is 0.308 e. The minimum absolute atomic E-state index is 0.00810. The first-order chi connectivity index (χ1) is 6.28. The van der Waals surface area contributed by atoms with Crippen LogP contribution in [0.5, 0.6) is 0 Å². The predicted molar refractivity (Wildman–Crippen MR) is 59.0 cm³/mol. The van der Waals surface area contributed by atoms with Crippen molar-refractivity contribution in [1.82, 2.24) is 0 Å². The molecule has 0 aromatic carbocycles. The van der Waals surface area contributed by atoms with Crippen molar-refractivity contribution in [3.8, 4) is 0 Å².